The van der Waals surface area contributed by atoms with Crippen LogP contribution in [0.2, 0.25) is 0 Å². The third-order valence-corrected chi connectivity index (χ3v) is 6.30. The number of carbonyl (C=O) groups excluding carboxylic acids is 1. The number of ether oxygens (including phenoxy) is 1. The summed E-state index contributed by atoms with van der Waals surface area (Å²) in [5, 5.41) is 2.97. The summed E-state index contributed by atoms with van der Waals surface area (Å²) in [6.45, 7) is 5.51. The Balaban J connectivity index is 1.64. The number of halogens is 3. The second kappa shape index (κ2) is 8.31. The lowest BCUT2D eigenvalue weighted by atomic mass is 9.95. The molecule has 10 heteroatoms. The summed E-state index contributed by atoms with van der Waals surface area (Å²) in [6, 6.07) is 10.5. The first-order chi connectivity index (χ1) is 14.7. The first kappa shape index (κ1) is 23.9. The van der Waals surface area contributed by atoms with Gasteiger partial charge < -0.3 is 10.1 Å². The number of anilines is 1. The lowest BCUT2D eigenvalue weighted by molar-refractivity contribution is -0.274. The highest BCUT2D eigenvalue weighted by Crippen LogP contribution is 2.54. The normalized spacial score (nSPS) is 21.5. The van der Waals surface area contributed by atoms with Crippen LogP contribution in [0, 0.1) is 12.8 Å². The van der Waals surface area contributed by atoms with Crippen molar-refractivity contribution in [1.29, 1.82) is 0 Å². The molecule has 2 N–H and O–H groups in total. The minimum Gasteiger partial charge on any atom is -0.406 e. The fourth-order valence-corrected chi connectivity index (χ4v) is 4.40. The lowest BCUT2D eigenvalue weighted by Gasteiger charge is -2.18. The Bertz CT molecular complexity index is 1120. The van der Waals surface area contributed by atoms with Gasteiger partial charge in [-0.3, -0.25) is 9.52 Å². The van der Waals surface area contributed by atoms with Crippen molar-refractivity contribution in [2.45, 2.75) is 45.0 Å². The van der Waals surface area contributed by atoms with Crippen molar-refractivity contribution in [2.24, 2.45) is 5.92 Å². The molecule has 1 saturated carbocycles. The van der Waals surface area contributed by atoms with Crippen molar-refractivity contribution in [3.63, 3.8) is 0 Å². The van der Waals surface area contributed by atoms with Crippen LogP contribution in [0.3, 0.4) is 0 Å². The first-order valence-electron chi connectivity index (χ1n) is 9.93. The molecule has 1 fully saturated rings. The highest BCUT2D eigenvalue weighted by Gasteiger charge is 2.55. The highest BCUT2D eigenvalue weighted by molar-refractivity contribution is 7.92. The van der Waals surface area contributed by atoms with Crippen molar-refractivity contribution in [3.05, 3.63) is 59.2 Å². The molecular weight excluding hydrogens is 445 g/mol. The number of carbonyl (C=O) groups is 1. The van der Waals surface area contributed by atoms with E-state index in [4.69, 9.17) is 0 Å². The van der Waals surface area contributed by atoms with Crippen LogP contribution in [0.25, 0.3) is 0 Å². The van der Waals surface area contributed by atoms with Crippen LogP contribution in [0.1, 0.15) is 43.0 Å². The highest BCUT2D eigenvalue weighted by atomic mass is 32.2. The van der Waals surface area contributed by atoms with E-state index >= 15 is 0 Å². The van der Waals surface area contributed by atoms with E-state index < -0.39 is 21.8 Å². The molecule has 0 bridgehead atoms. The van der Waals surface area contributed by atoms with Gasteiger partial charge in [0.2, 0.25) is 15.9 Å². The first-order valence-corrected chi connectivity index (χ1v) is 11.8. The molecule has 0 radical (unpaired) electrons. The zero-order valence-electron chi connectivity index (χ0n) is 18.1. The summed E-state index contributed by atoms with van der Waals surface area (Å²) in [7, 11) is -3.39. The van der Waals surface area contributed by atoms with Gasteiger partial charge in [0.05, 0.1) is 18.0 Å². The molecule has 0 aromatic heterocycles. The molecule has 3 rings (SSSR count). The number of sulfonamides is 1. The Labute approximate surface area is 185 Å². The molecule has 6 nitrogen and oxygen atoms in total. The standard InChI is InChI=1S/C22H25F3N2O4S/c1-13-11-15(5-10-19(13)27-32(4,29)30)14(2)26-20(28)18-12-21(18,3)16-6-8-17(9-7-16)31-22(23,24)25/h5-11,14,18,27H,12H2,1-4H3,(H,26,28). The van der Waals surface area contributed by atoms with Crippen molar-refractivity contribution in [1.82, 2.24) is 5.32 Å². The van der Waals surface area contributed by atoms with Crippen LogP contribution in [-0.2, 0) is 20.2 Å². The number of rotatable bonds is 7. The topological polar surface area (TPSA) is 84.5 Å². The molecule has 1 aliphatic rings. The van der Waals surface area contributed by atoms with Crippen molar-refractivity contribution in [3.8, 4) is 5.75 Å². The molecule has 2 aromatic rings. The molecule has 0 aliphatic heterocycles. The molecule has 1 amide bonds. The van der Waals surface area contributed by atoms with E-state index in [0.717, 1.165) is 22.9 Å². The average molecular weight is 471 g/mol. The summed E-state index contributed by atoms with van der Waals surface area (Å²) in [6.07, 6.45) is -3.09. The summed E-state index contributed by atoms with van der Waals surface area (Å²) in [5.41, 5.74) is 2.34. The zero-order valence-corrected chi connectivity index (χ0v) is 18.9. The molecular formula is C22H25F3N2O4S. The van der Waals surface area contributed by atoms with Crippen molar-refractivity contribution < 1.29 is 31.1 Å². The van der Waals surface area contributed by atoms with E-state index in [1.807, 2.05) is 19.9 Å². The van der Waals surface area contributed by atoms with Crippen LogP contribution in [0.5, 0.6) is 5.75 Å². The zero-order chi connectivity index (χ0) is 23.9. The van der Waals surface area contributed by atoms with Crippen LogP contribution in [-0.4, -0.2) is 26.9 Å². The van der Waals surface area contributed by atoms with E-state index in [-0.39, 0.29) is 23.6 Å². The average Bonchev–Trinajstić information content (AvgIpc) is 3.34. The van der Waals surface area contributed by atoms with Gasteiger partial charge in [0, 0.05) is 11.3 Å². The summed E-state index contributed by atoms with van der Waals surface area (Å²) in [5.74, 6) is -0.748. The molecule has 3 atom stereocenters. The Kier molecular flexibility index (Phi) is 6.21. The largest absolute Gasteiger partial charge is 0.573 e. The van der Waals surface area contributed by atoms with Gasteiger partial charge in [-0.1, -0.05) is 31.2 Å². The number of amides is 1. The summed E-state index contributed by atoms with van der Waals surface area (Å²) < 4.78 is 66.2. The Morgan fingerprint density at radius 1 is 1.19 bits per heavy atom. The van der Waals surface area contributed by atoms with Crippen LogP contribution in [0.15, 0.2) is 42.5 Å². The SMILES string of the molecule is Cc1cc(C(C)NC(=O)C2CC2(C)c2ccc(OC(F)(F)F)cc2)ccc1NS(C)(=O)=O. The molecule has 2 aromatic carbocycles. The van der Waals surface area contributed by atoms with E-state index in [2.05, 4.69) is 14.8 Å². The predicted molar refractivity (Wildman–Crippen MR) is 115 cm³/mol. The van der Waals surface area contributed by atoms with Crippen molar-refractivity contribution in [2.75, 3.05) is 11.0 Å². The number of aryl methyl sites for hydroxylation is 1. The van der Waals surface area contributed by atoms with Gasteiger partial charge in [0.25, 0.3) is 0 Å². The Morgan fingerprint density at radius 2 is 1.81 bits per heavy atom. The molecule has 0 spiro atoms. The van der Waals surface area contributed by atoms with Crippen LogP contribution < -0.4 is 14.8 Å². The summed E-state index contributed by atoms with van der Waals surface area (Å²) in [4.78, 5) is 12.8. The maximum Gasteiger partial charge on any atom is 0.573 e. The maximum atomic E-state index is 12.8. The van der Waals surface area contributed by atoms with Crippen LogP contribution >= 0.6 is 0 Å². The van der Waals surface area contributed by atoms with E-state index in [1.54, 1.807) is 31.2 Å². The van der Waals surface area contributed by atoms with Gasteiger partial charge in [0.15, 0.2) is 0 Å². The third-order valence-electron chi connectivity index (χ3n) is 5.71. The third kappa shape index (κ3) is 5.73. The van der Waals surface area contributed by atoms with E-state index in [9.17, 15) is 26.4 Å². The molecule has 1 aliphatic carbocycles. The Morgan fingerprint density at radius 3 is 2.34 bits per heavy atom. The van der Waals surface area contributed by atoms with E-state index in [1.165, 1.54) is 12.1 Å². The second-order valence-corrected chi connectivity index (χ2v) is 10.2. The van der Waals surface area contributed by atoms with Gasteiger partial charge in [0.1, 0.15) is 5.75 Å². The second-order valence-electron chi connectivity index (χ2n) is 8.43. The fourth-order valence-electron chi connectivity index (χ4n) is 3.77. The number of hydrogen-bond acceptors (Lipinski definition) is 4. The number of hydrogen-bond donors (Lipinski definition) is 2. The molecule has 32 heavy (non-hydrogen) atoms. The monoisotopic (exact) mass is 470 g/mol. The fraction of sp³-hybridized carbons (Fsp3) is 0.409. The molecule has 3 unspecified atom stereocenters. The van der Waals surface area contributed by atoms with Gasteiger partial charge in [-0.05, 0) is 55.2 Å². The molecule has 174 valence electrons. The predicted octanol–water partition coefficient (Wildman–Crippen LogP) is 4.42. The minimum atomic E-state index is -4.75. The molecule has 0 saturated heterocycles. The Hall–Kier alpha value is -2.75. The van der Waals surface area contributed by atoms with Gasteiger partial charge >= 0.3 is 6.36 Å². The van der Waals surface area contributed by atoms with Crippen LogP contribution in [0.4, 0.5) is 18.9 Å². The number of benzene rings is 2. The van der Waals surface area contributed by atoms with Gasteiger partial charge in [-0.2, -0.15) is 0 Å². The van der Waals surface area contributed by atoms with Gasteiger partial charge in [-0.15, -0.1) is 13.2 Å². The number of alkyl halides is 3. The smallest absolute Gasteiger partial charge is 0.406 e. The number of nitrogens with one attached hydrogen (secondary N) is 2. The minimum absolute atomic E-state index is 0.147. The maximum absolute atomic E-state index is 12.8. The molecule has 0 heterocycles. The van der Waals surface area contributed by atoms with E-state index in [0.29, 0.717) is 12.1 Å². The lowest BCUT2D eigenvalue weighted by Crippen LogP contribution is -2.30. The quantitative estimate of drug-likeness (QED) is 0.628. The van der Waals surface area contributed by atoms with Crippen molar-refractivity contribution >= 4 is 21.6 Å². The van der Waals surface area contributed by atoms with Gasteiger partial charge in [-0.25, -0.2) is 8.42 Å². The summed E-state index contributed by atoms with van der Waals surface area (Å²) >= 11 is 0.